The highest BCUT2D eigenvalue weighted by molar-refractivity contribution is 6.16. The number of imide groups is 3. The van der Waals surface area contributed by atoms with Crippen LogP contribution in [0.25, 0.3) is 0 Å². The zero-order chi connectivity index (χ0) is 28.2. The molecule has 1 aliphatic heterocycles. The molecule has 0 radical (unpaired) electrons. The zero-order valence-electron chi connectivity index (χ0n) is 21.9. The van der Waals surface area contributed by atoms with Crippen molar-refractivity contribution in [3.63, 3.8) is 0 Å². The minimum absolute atomic E-state index is 0.302. The van der Waals surface area contributed by atoms with Gasteiger partial charge in [0.25, 0.3) is 5.91 Å². The number of ether oxygens (including phenoxy) is 3. The van der Waals surface area contributed by atoms with E-state index in [-0.39, 0.29) is 12.8 Å². The van der Waals surface area contributed by atoms with E-state index >= 15 is 0 Å². The molecule has 3 aromatic rings. The lowest BCUT2D eigenvalue weighted by atomic mass is 9.90. The average molecular weight is 533 g/mol. The Morgan fingerprint density at radius 1 is 0.923 bits per heavy atom. The van der Waals surface area contributed by atoms with Gasteiger partial charge in [0, 0.05) is 18.1 Å². The summed E-state index contributed by atoms with van der Waals surface area (Å²) in [5, 5.41) is 0. The van der Waals surface area contributed by atoms with Gasteiger partial charge in [-0.3, -0.25) is 10.2 Å². The van der Waals surface area contributed by atoms with E-state index in [1.165, 1.54) is 14.2 Å². The predicted octanol–water partition coefficient (Wildman–Crippen LogP) is 3.00. The maximum Gasteiger partial charge on any atom is 0.533 e. The van der Waals surface area contributed by atoms with Crippen LogP contribution < -0.4 is 20.7 Å². The molecule has 0 bridgehead atoms. The Balaban J connectivity index is 1.88. The Labute approximate surface area is 225 Å². The van der Waals surface area contributed by atoms with Crippen LogP contribution in [0, 0.1) is 0 Å². The SMILES string of the molecule is COc1cc(CC(=O)[N+]2([C@H](C)c3ccccc3)C(=O)O[C@](Cc3ccccc3)(C(=O)NN)C2=O)cc(OC)c1. The second-order valence-electron chi connectivity index (χ2n) is 9.24. The Morgan fingerprint density at radius 3 is 2.03 bits per heavy atom. The molecule has 3 N–H and O–H groups in total. The van der Waals surface area contributed by atoms with Gasteiger partial charge in [0.1, 0.15) is 17.5 Å². The third-order valence-electron chi connectivity index (χ3n) is 7.03. The molecule has 1 aliphatic rings. The van der Waals surface area contributed by atoms with Crippen LogP contribution in [-0.4, -0.2) is 48.1 Å². The summed E-state index contributed by atoms with van der Waals surface area (Å²) < 4.78 is 14.9. The maximum atomic E-state index is 14.5. The Kier molecular flexibility index (Phi) is 7.80. The number of quaternary nitrogens is 1. The fourth-order valence-corrected chi connectivity index (χ4v) is 4.96. The summed E-state index contributed by atoms with van der Waals surface area (Å²) in [4.78, 5) is 55.8. The number of hydrazine groups is 1. The average Bonchev–Trinajstić information content (AvgIpc) is 3.19. The number of cyclic esters (lactones) is 1. The fraction of sp³-hybridized carbons (Fsp3) is 0.241. The van der Waals surface area contributed by atoms with Gasteiger partial charge >= 0.3 is 23.5 Å². The first-order chi connectivity index (χ1) is 18.7. The first kappa shape index (κ1) is 27.5. The van der Waals surface area contributed by atoms with E-state index in [0.717, 1.165) is 0 Å². The van der Waals surface area contributed by atoms with Gasteiger partial charge < -0.3 is 14.2 Å². The van der Waals surface area contributed by atoms with E-state index in [4.69, 9.17) is 20.1 Å². The third kappa shape index (κ3) is 4.75. The molecule has 3 aromatic carbocycles. The van der Waals surface area contributed by atoms with E-state index < -0.39 is 39.9 Å². The van der Waals surface area contributed by atoms with Crippen molar-refractivity contribution in [3.05, 3.63) is 95.6 Å². The Bertz CT molecular complexity index is 1370. The van der Waals surface area contributed by atoms with Crippen LogP contribution in [0.15, 0.2) is 78.9 Å². The number of nitrogens with zero attached hydrogens (tertiary/aromatic N) is 1. The van der Waals surface area contributed by atoms with Crippen LogP contribution in [0.4, 0.5) is 4.79 Å². The van der Waals surface area contributed by atoms with E-state index in [1.807, 2.05) is 5.43 Å². The van der Waals surface area contributed by atoms with Gasteiger partial charge in [-0.25, -0.2) is 15.4 Å². The highest BCUT2D eigenvalue weighted by Gasteiger charge is 2.75. The number of carbonyl (C=O) groups excluding carboxylic acids is 4. The molecular weight excluding hydrogens is 502 g/mol. The van der Waals surface area contributed by atoms with Crippen LogP contribution in [0.2, 0.25) is 0 Å². The lowest BCUT2D eigenvalue weighted by molar-refractivity contribution is -0.727. The zero-order valence-corrected chi connectivity index (χ0v) is 21.9. The lowest BCUT2D eigenvalue weighted by Crippen LogP contribution is -2.64. The normalized spacial score (nSPS) is 21.1. The third-order valence-corrected chi connectivity index (χ3v) is 7.03. The number of hydrogen-bond acceptors (Lipinski definition) is 8. The van der Waals surface area contributed by atoms with Gasteiger partial charge in [0.2, 0.25) is 0 Å². The number of nitrogens with one attached hydrogen (secondary N) is 1. The molecule has 10 nitrogen and oxygen atoms in total. The molecule has 4 rings (SSSR count). The van der Waals surface area contributed by atoms with E-state index in [0.29, 0.717) is 28.2 Å². The minimum Gasteiger partial charge on any atom is -0.497 e. The largest absolute Gasteiger partial charge is 0.533 e. The van der Waals surface area contributed by atoms with Crippen LogP contribution in [0.1, 0.15) is 29.7 Å². The van der Waals surface area contributed by atoms with Crippen molar-refractivity contribution in [2.24, 2.45) is 5.84 Å². The number of amides is 4. The van der Waals surface area contributed by atoms with Crippen molar-refractivity contribution in [1.82, 2.24) is 5.43 Å². The van der Waals surface area contributed by atoms with E-state index in [9.17, 15) is 19.2 Å². The quantitative estimate of drug-likeness (QED) is 0.141. The number of hydrogen-bond donors (Lipinski definition) is 2. The standard InChI is InChI=1S/C29H29N3O7/c1-19(22-12-8-5-9-13-22)32(25(33)16-21-14-23(37-2)17-24(15-21)38-3)27(35)29(26(34)31-30,39-28(32)36)18-20-10-6-4-7-11-20/h4-15,17,19H,16,18,30H2,1-3H3/p+1/t19-,29-,32?/m1/s1. The Morgan fingerprint density at radius 2 is 1.49 bits per heavy atom. The highest BCUT2D eigenvalue weighted by Crippen LogP contribution is 2.43. The van der Waals surface area contributed by atoms with E-state index in [1.54, 1.807) is 85.8 Å². The molecule has 0 spiro atoms. The lowest BCUT2D eigenvalue weighted by Gasteiger charge is -2.31. The fourth-order valence-electron chi connectivity index (χ4n) is 4.96. The molecule has 1 fully saturated rings. The molecule has 0 saturated carbocycles. The van der Waals surface area contributed by atoms with Gasteiger partial charge in [-0.15, -0.1) is 0 Å². The van der Waals surface area contributed by atoms with Crippen molar-refractivity contribution in [2.75, 3.05) is 14.2 Å². The Hall–Kier alpha value is -4.54. The maximum absolute atomic E-state index is 14.5. The van der Waals surface area contributed by atoms with Crippen molar-refractivity contribution in [3.8, 4) is 11.5 Å². The second kappa shape index (κ2) is 11.1. The van der Waals surface area contributed by atoms with Crippen LogP contribution in [0.3, 0.4) is 0 Å². The van der Waals surface area contributed by atoms with Crippen molar-refractivity contribution in [2.45, 2.75) is 31.4 Å². The monoisotopic (exact) mass is 532 g/mol. The number of methoxy groups -OCH3 is 2. The van der Waals surface area contributed by atoms with Crippen molar-refractivity contribution in [1.29, 1.82) is 0 Å². The molecular formula is C29H30N3O7+. The molecule has 202 valence electrons. The minimum atomic E-state index is -2.36. The van der Waals surface area contributed by atoms with Gasteiger partial charge in [0.05, 0.1) is 20.6 Å². The van der Waals surface area contributed by atoms with Crippen molar-refractivity contribution >= 4 is 23.8 Å². The van der Waals surface area contributed by atoms with Crippen LogP contribution in [-0.2, 0) is 32.0 Å². The van der Waals surface area contributed by atoms with Crippen LogP contribution in [0.5, 0.6) is 11.5 Å². The number of nitrogens with two attached hydrogens (primary N) is 1. The molecule has 1 heterocycles. The van der Waals surface area contributed by atoms with Gasteiger partial charge in [0.15, 0.2) is 0 Å². The second-order valence-corrected chi connectivity index (χ2v) is 9.24. The number of benzene rings is 3. The van der Waals surface area contributed by atoms with Gasteiger partial charge in [-0.05, 0) is 30.2 Å². The molecule has 1 saturated heterocycles. The molecule has 1 unspecified atom stereocenters. The van der Waals surface area contributed by atoms with Crippen molar-refractivity contribution < 1.29 is 37.9 Å². The molecule has 4 amide bonds. The summed E-state index contributed by atoms with van der Waals surface area (Å²) in [5.41, 5.74) is 1.11. The molecule has 0 aromatic heterocycles. The summed E-state index contributed by atoms with van der Waals surface area (Å²) >= 11 is 0. The van der Waals surface area contributed by atoms with Crippen LogP contribution >= 0.6 is 0 Å². The van der Waals surface area contributed by atoms with E-state index in [2.05, 4.69) is 0 Å². The molecule has 39 heavy (non-hydrogen) atoms. The first-order valence-corrected chi connectivity index (χ1v) is 12.3. The summed E-state index contributed by atoms with van der Waals surface area (Å²) in [5.74, 6) is 3.50. The molecule has 3 atom stereocenters. The smallest absolute Gasteiger partial charge is 0.497 e. The summed E-state index contributed by atoms with van der Waals surface area (Å²) in [7, 11) is 2.94. The summed E-state index contributed by atoms with van der Waals surface area (Å²) in [6.45, 7) is 1.58. The van der Waals surface area contributed by atoms with Gasteiger partial charge in [-0.1, -0.05) is 65.1 Å². The summed E-state index contributed by atoms with van der Waals surface area (Å²) in [6.07, 6.45) is -1.81. The predicted molar refractivity (Wildman–Crippen MR) is 140 cm³/mol. The molecule has 0 aliphatic carbocycles. The highest BCUT2D eigenvalue weighted by atomic mass is 16.6. The first-order valence-electron chi connectivity index (χ1n) is 12.3. The number of rotatable bonds is 9. The number of carbonyl (C=O) groups is 4. The summed E-state index contributed by atoms with van der Waals surface area (Å²) in [6, 6.07) is 21.1. The van der Waals surface area contributed by atoms with Gasteiger partial charge in [-0.2, -0.15) is 4.79 Å². The topological polar surface area (TPSA) is 134 Å². The molecule has 10 heteroatoms.